The third-order valence-corrected chi connectivity index (χ3v) is 4.67. The highest BCUT2D eigenvalue weighted by atomic mass is 16.6. The molecule has 0 heterocycles. The first-order valence-electron chi connectivity index (χ1n) is 9.20. The van der Waals surface area contributed by atoms with Crippen molar-refractivity contribution in [2.75, 3.05) is 6.54 Å². The van der Waals surface area contributed by atoms with E-state index in [1.165, 1.54) is 12.1 Å². The van der Waals surface area contributed by atoms with Gasteiger partial charge in [0.05, 0.1) is 11.0 Å². The smallest absolute Gasteiger partial charge is 0.269 e. The normalized spacial score (nSPS) is 12.2. The molecule has 27 heavy (non-hydrogen) atoms. The summed E-state index contributed by atoms with van der Waals surface area (Å²) in [4.78, 5) is 25.3. The number of benzene rings is 2. The van der Waals surface area contributed by atoms with Gasteiger partial charge < -0.3 is 5.32 Å². The number of carbonyl (C=O) groups excluding carboxylic acids is 1. The average Bonchev–Trinajstić information content (AvgIpc) is 2.66. The summed E-state index contributed by atoms with van der Waals surface area (Å²) in [6.45, 7) is 10.1. The van der Waals surface area contributed by atoms with Crippen molar-refractivity contribution in [3.8, 4) is 0 Å². The minimum Gasteiger partial charge on any atom is -0.346 e. The average molecular weight is 369 g/mol. The van der Waals surface area contributed by atoms with Crippen molar-refractivity contribution in [2.24, 2.45) is 0 Å². The van der Waals surface area contributed by atoms with E-state index in [1.54, 1.807) is 12.1 Å². The first-order chi connectivity index (χ1) is 12.8. The molecule has 0 aliphatic rings. The molecule has 2 aromatic rings. The van der Waals surface area contributed by atoms with E-state index in [1.807, 2.05) is 31.2 Å². The zero-order valence-corrected chi connectivity index (χ0v) is 16.3. The molecule has 1 atom stereocenters. The van der Waals surface area contributed by atoms with Gasteiger partial charge in [-0.3, -0.25) is 19.8 Å². The van der Waals surface area contributed by atoms with Crippen LogP contribution in [0.2, 0.25) is 0 Å². The fourth-order valence-electron chi connectivity index (χ4n) is 2.93. The van der Waals surface area contributed by atoms with E-state index in [2.05, 4.69) is 31.0 Å². The van der Waals surface area contributed by atoms with Gasteiger partial charge in [0.25, 0.3) is 11.6 Å². The van der Waals surface area contributed by atoms with Gasteiger partial charge in [-0.15, -0.1) is 0 Å². The number of hydrogen-bond acceptors (Lipinski definition) is 4. The lowest BCUT2D eigenvalue weighted by Crippen LogP contribution is -2.30. The zero-order valence-electron chi connectivity index (χ0n) is 16.3. The van der Waals surface area contributed by atoms with Gasteiger partial charge in [0.15, 0.2) is 0 Å². The predicted octanol–water partition coefficient (Wildman–Crippen LogP) is 4.32. The number of carbonyl (C=O) groups is 1. The number of non-ortho nitro benzene ring substituents is 1. The minimum atomic E-state index is -0.437. The largest absolute Gasteiger partial charge is 0.346 e. The van der Waals surface area contributed by atoms with Crippen LogP contribution in [-0.4, -0.2) is 28.3 Å². The van der Waals surface area contributed by atoms with Crippen LogP contribution >= 0.6 is 0 Å². The van der Waals surface area contributed by atoms with Gasteiger partial charge in [-0.2, -0.15) is 0 Å². The lowest BCUT2D eigenvalue weighted by atomic mass is 10.1. The van der Waals surface area contributed by atoms with Crippen molar-refractivity contribution in [3.05, 3.63) is 75.3 Å². The molecule has 1 amide bonds. The molecular weight excluding hydrogens is 342 g/mol. The standard InChI is InChI=1S/C21H27N3O3/c1-5-23(15(2)3)14-17-9-11-18(12-10-17)21(25)22-16(4)19-7-6-8-20(13-19)24(26)27/h6-13,15-16H,5,14H2,1-4H3,(H,22,25). The summed E-state index contributed by atoms with van der Waals surface area (Å²) in [5.41, 5.74) is 2.45. The van der Waals surface area contributed by atoms with E-state index < -0.39 is 4.92 Å². The maximum atomic E-state index is 12.5. The van der Waals surface area contributed by atoms with Crippen molar-refractivity contribution in [1.82, 2.24) is 10.2 Å². The van der Waals surface area contributed by atoms with Gasteiger partial charge in [-0.05, 0) is 50.6 Å². The molecule has 6 nitrogen and oxygen atoms in total. The van der Waals surface area contributed by atoms with Crippen molar-refractivity contribution >= 4 is 11.6 Å². The molecule has 1 unspecified atom stereocenters. The Labute approximate surface area is 160 Å². The second kappa shape index (κ2) is 9.28. The third-order valence-electron chi connectivity index (χ3n) is 4.67. The van der Waals surface area contributed by atoms with Gasteiger partial charge >= 0.3 is 0 Å². The van der Waals surface area contributed by atoms with Gasteiger partial charge in [0, 0.05) is 30.3 Å². The fourth-order valence-corrected chi connectivity index (χ4v) is 2.93. The van der Waals surface area contributed by atoms with Gasteiger partial charge in [-0.1, -0.05) is 31.2 Å². The second-order valence-electron chi connectivity index (χ2n) is 6.90. The Kier molecular flexibility index (Phi) is 7.07. The van der Waals surface area contributed by atoms with Gasteiger partial charge in [0.2, 0.25) is 0 Å². The molecule has 6 heteroatoms. The monoisotopic (exact) mass is 369 g/mol. The highest BCUT2D eigenvalue weighted by Crippen LogP contribution is 2.19. The molecule has 2 aromatic carbocycles. The highest BCUT2D eigenvalue weighted by Gasteiger charge is 2.15. The quantitative estimate of drug-likeness (QED) is 0.555. The molecule has 0 radical (unpaired) electrons. The molecular formula is C21H27N3O3. The van der Waals surface area contributed by atoms with Crippen LogP contribution in [-0.2, 0) is 6.54 Å². The molecule has 0 bridgehead atoms. The van der Waals surface area contributed by atoms with Crippen LogP contribution in [0.3, 0.4) is 0 Å². The van der Waals surface area contributed by atoms with E-state index in [4.69, 9.17) is 0 Å². The molecule has 0 saturated heterocycles. The minimum absolute atomic E-state index is 0.0172. The summed E-state index contributed by atoms with van der Waals surface area (Å²) >= 11 is 0. The number of hydrogen-bond donors (Lipinski definition) is 1. The van der Waals surface area contributed by atoms with E-state index in [-0.39, 0.29) is 17.6 Å². The number of amides is 1. The fraction of sp³-hybridized carbons (Fsp3) is 0.381. The van der Waals surface area contributed by atoms with Crippen LogP contribution in [0, 0.1) is 10.1 Å². The van der Waals surface area contributed by atoms with Crippen molar-refractivity contribution < 1.29 is 9.72 Å². The van der Waals surface area contributed by atoms with Crippen molar-refractivity contribution in [2.45, 2.75) is 46.3 Å². The number of rotatable bonds is 8. The summed E-state index contributed by atoms with van der Waals surface area (Å²) in [5, 5.41) is 13.8. The Hall–Kier alpha value is -2.73. The lowest BCUT2D eigenvalue weighted by Gasteiger charge is -2.24. The molecule has 0 aliphatic carbocycles. The van der Waals surface area contributed by atoms with E-state index in [9.17, 15) is 14.9 Å². The molecule has 0 saturated carbocycles. The Morgan fingerprint density at radius 3 is 2.37 bits per heavy atom. The summed E-state index contributed by atoms with van der Waals surface area (Å²) < 4.78 is 0. The first-order valence-corrected chi connectivity index (χ1v) is 9.20. The van der Waals surface area contributed by atoms with Crippen molar-refractivity contribution in [3.63, 3.8) is 0 Å². The SMILES string of the molecule is CCN(Cc1ccc(C(=O)NC(C)c2cccc([N+](=O)[O-])c2)cc1)C(C)C. The van der Waals surface area contributed by atoms with Gasteiger partial charge in [-0.25, -0.2) is 0 Å². The molecule has 0 fully saturated rings. The molecule has 0 aliphatic heterocycles. The van der Waals surface area contributed by atoms with Crippen LogP contribution in [0.4, 0.5) is 5.69 Å². The maximum absolute atomic E-state index is 12.5. The van der Waals surface area contributed by atoms with E-state index in [0.29, 0.717) is 17.2 Å². The Bertz CT molecular complexity index is 788. The summed E-state index contributed by atoms with van der Waals surface area (Å²) in [6.07, 6.45) is 0. The molecule has 2 rings (SSSR count). The Balaban J connectivity index is 2.03. The molecule has 1 N–H and O–H groups in total. The van der Waals surface area contributed by atoms with Crippen LogP contribution < -0.4 is 5.32 Å². The van der Waals surface area contributed by atoms with Crippen molar-refractivity contribution in [1.29, 1.82) is 0 Å². The highest BCUT2D eigenvalue weighted by molar-refractivity contribution is 5.94. The Morgan fingerprint density at radius 2 is 1.81 bits per heavy atom. The third kappa shape index (κ3) is 5.62. The number of nitrogens with one attached hydrogen (secondary N) is 1. The van der Waals surface area contributed by atoms with Crippen LogP contribution in [0.15, 0.2) is 48.5 Å². The number of nitrogens with zero attached hydrogens (tertiary/aromatic N) is 2. The summed E-state index contributed by atoms with van der Waals surface area (Å²) in [5.74, 6) is -0.197. The number of nitro groups is 1. The van der Waals surface area contributed by atoms with Crippen LogP contribution in [0.25, 0.3) is 0 Å². The van der Waals surface area contributed by atoms with Crippen LogP contribution in [0.1, 0.15) is 55.2 Å². The second-order valence-corrected chi connectivity index (χ2v) is 6.90. The van der Waals surface area contributed by atoms with Crippen LogP contribution in [0.5, 0.6) is 0 Å². The first kappa shape index (κ1) is 20.6. The molecule has 0 aromatic heterocycles. The predicted molar refractivity (Wildman–Crippen MR) is 107 cm³/mol. The Morgan fingerprint density at radius 1 is 1.15 bits per heavy atom. The maximum Gasteiger partial charge on any atom is 0.269 e. The lowest BCUT2D eigenvalue weighted by molar-refractivity contribution is -0.384. The van der Waals surface area contributed by atoms with E-state index >= 15 is 0 Å². The summed E-state index contributed by atoms with van der Waals surface area (Å²) in [6, 6.07) is 14.0. The van der Waals surface area contributed by atoms with Gasteiger partial charge in [0.1, 0.15) is 0 Å². The van der Waals surface area contributed by atoms with E-state index in [0.717, 1.165) is 18.7 Å². The zero-order chi connectivity index (χ0) is 20.0. The summed E-state index contributed by atoms with van der Waals surface area (Å²) in [7, 11) is 0. The molecule has 0 spiro atoms. The molecule has 144 valence electrons. The number of nitro benzene ring substituents is 1. The topological polar surface area (TPSA) is 75.5 Å².